The summed E-state index contributed by atoms with van der Waals surface area (Å²) in [7, 11) is 0. The van der Waals surface area contributed by atoms with E-state index in [9.17, 15) is 10.2 Å². The molecule has 1 aliphatic carbocycles. The SMILES string of the molecule is O[C@H]1[C@H](O)[C@H](OCc2ccccc2)[C@@H](OCc2ccccc2)[C@H](OCc2ccccc2)[C@H]1OCc1ccccc1. The van der Waals surface area contributed by atoms with Crippen LogP contribution in [0.2, 0.25) is 0 Å². The second kappa shape index (κ2) is 14.3. The van der Waals surface area contributed by atoms with Crippen LogP contribution in [0.1, 0.15) is 22.3 Å². The standard InChI is InChI=1S/C34H36O6/c35-29-30(36)32(38-22-26-15-7-2-8-16-26)34(40-24-28-19-11-4-12-20-28)33(39-23-27-17-9-3-10-18-27)31(29)37-21-25-13-5-1-6-14-25/h1-20,29-36H,21-24H2/t29-,30-,31-,32-,33+,34+/m0/s1. The summed E-state index contributed by atoms with van der Waals surface area (Å²) in [5.41, 5.74) is 3.87. The van der Waals surface area contributed by atoms with Gasteiger partial charge in [-0.25, -0.2) is 0 Å². The van der Waals surface area contributed by atoms with Crippen LogP contribution in [0.25, 0.3) is 0 Å². The van der Waals surface area contributed by atoms with Crippen molar-refractivity contribution in [2.45, 2.75) is 63.1 Å². The van der Waals surface area contributed by atoms with Crippen LogP contribution in [-0.4, -0.2) is 46.8 Å². The molecule has 4 aromatic carbocycles. The predicted octanol–water partition coefficient (Wildman–Crippen LogP) is 5.06. The summed E-state index contributed by atoms with van der Waals surface area (Å²) in [6.07, 6.45) is -5.63. The van der Waals surface area contributed by atoms with Gasteiger partial charge in [-0.2, -0.15) is 0 Å². The molecule has 5 rings (SSSR count). The average Bonchev–Trinajstić information content (AvgIpc) is 3.01. The number of benzene rings is 4. The third-order valence-corrected chi connectivity index (χ3v) is 7.14. The molecule has 0 unspecified atom stereocenters. The Hall–Kier alpha value is -3.36. The summed E-state index contributed by atoms with van der Waals surface area (Å²) in [5, 5.41) is 22.7. The Balaban J connectivity index is 1.42. The molecule has 0 heterocycles. The lowest BCUT2D eigenvalue weighted by Crippen LogP contribution is -2.66. The zero-order valence-corrected chi connectivity index (χ0v) is 22.4. The first kappa shape index (κ1) is 28.2. The molecule has 4 aromatic rings. The number of hydrogen-bond acceptors (Lipinski definition) is 6. The van der Waals surface area contributed by atoms with Crippen molar-refractivity contribution >= 4 is 0 Å². The fourth-order valence-electron chi connectivity index (χ4n) is 4.98. The third kappa shape index (κ3) is 7.43. The molecular formula is C34H36O6. The molecule has 0 amide bonds. The Bertz CT molecular complexity index is 1150. The quantitative estimate of drug-likeness (QED) is 0.262. The van der Waals surface area contributed by atoms with Gasteiger partial charge in [-0.3, -0.25) is 0 Å². The number of rotatable bonds is 12. The lowest BCUT2D eigenvalue weighted by atomic mass is 9.84. The minimum Gasteiger partial charge on any atom is -0.387 e. The van der Waals surface area contributed by atoms with Gasteiger partial charge in [0.25, 0.3) is 0 Å². The van der Waals surface area contributed by atoms with Crippen LogP contribution >= 0.6 is 0 Å². The first-order valence-electron chi connectivity index (χ1n) is 13.7. The van der Waals surface area contributed by atoms with Gasteiger partial charge in [-0.05, 0) is 22.3 Å². The summed E-state index contributed by atoms with van der Waals surface area (Å²) in [5.74, 6) is 0. The number of ether oxygens (including phenoxy) is 4. The summed E-state index contributed by atoms with van der Waals surface area (Å²) >= 11 is 0. The Morgan fingerprint density at radius 1 is 0.350 bits per heavy atom. The van der Waals surface area contributed by atoms with E-state index in [4.69, 9.17) is 18.9 Å². The highest BCUT2D eigenvalue weighted by molar-refractivity contribution is 5.17. The summed E-state index contributed by atoms with van der Waals surface area (Å²) in [6.45, 7) is 1.08. The Kier molecular flexibility index (Phi) is 10.1. The number of hydrogen-bond donors (Lipinski definition) is 2. The number of aliphatic hydroxyl groups is 2. The third-order valence-electron chi connectivity index (χ3n) is 7.14. The van der Waals surface area contributed by atoms with Gasteiger partial charge < -0.3 is 29.2 Å². The van der Waals surface area contributed by atoms with E-state index in [1.54, 1.807) is 0 Å². The van der Waals surface area contributed by atoms with E-state index in [1.165, 1.54) is 0 Å². The highest BCUT2D eigenvalue weighted by Crippen LogP contribution is 2.32. The molecule has 40 heavy (non-hydrogen) atoms. The van der Waals surface area contributed by atoms with Crippen molar-refractivity contribution in [2.75, 3.05) is 0 Å². The molecule has 6 nitrogen and oxygen atoms in total. The maximum atomic E-state index is 11.4. The molecule has 6 heteroatoms. The molecule has 0 radical (unpaired) electrons. The largest absolute Gasteiger partial charge is 0.387 e. The van der Waals surface area contributed by atoms with Gasteiger partial charge in [0.2, 0.25) is 0 Å². The van der Waals surface area contributed by atoms with Gasteiger partial charge in [0.15, 0.2) is 0 Å². The van der Waals surface area contributed by atoms with Crippen LogP contribution in [0, 0.1) is 0 Å². The maximum Gasteiger partial charge on any atom is 0.116 e. The second-order valence-electron chi connectivity index (χ2n) is 10.0. The van der Waals surface area contributed by atoms with Gasteiger partial charge in [0.1, 0.15) is 36.6 Å². The van der Waals surface area contributed by atoms with E-state index in [2.05, 4.69) is 0 Å². The van der Waals surface area contributed by atoms with Crippen molar-refractivity contribution in [3.05, 3.63) is 144 Å². The summed E-state index contributed by atoms with van der Waals surface area (Å²) < 4.78 is 25.5. The zero-order chi connectivity index (χ0) is 27.6. The topological polar surface area (TPSA) is 77.4 Å². The summed E-state index contributed by atoms with van der Waals surface area (Å²) in [4.78, 5) is 0. The molecule has 0 bridgehead atoms. The Labute approximate surface area is 235 Å². The Morgan fingerprint density at radius 2 is 0.575 bits per heavy atom. The van der Waals surface area contributed by atoms with E-state index in [1.807, 2.05) is 121 Å². The molecular weight excluding hydrogens is 504 g/mol. The molecule has 1 aliphatic rings. The summed E-state index contributed by atoms with van der Waals surface area (Å²) in [6, 6.07) is 39.1. The maximum absolute atomic E-state index is 11.4. The molecule has 0 aliphatic heterocycles. The molecule has 208 valence electrons. The first-order chi connectivity index (χ1) is 19.7. The van der Waals surface area contributed by atoms with Gasteiger partial charge in [-0.15, -0.1) is 0 Å². The van der Waals surface area contributed by atoms with E-state index in [-0.39, 0.29) is 26.4 Å². The molecule has 1 fully saturated rings. The minimum atomic E-state index is -1.25. The molecule has 0 spiro atoms. The van der Waals surface area contributed by atoms with Crippen molar-refractivity contribution in [1.82, 2.24) is 0 Å². The van der Waals surface area contributed by atoms with Crippen LogP contribution in [0.4, 0.5) is 0 Å². The zero-order valence-electron chi connectivity index (χ0n) is 22.4. The van der Waals surface area contributed by atoms with E-state index >= 15 is 0 Å². The normalized spacial score (nSPS) is 24.6. The second-order valence-corrected chi connectivity index (χ2v) is 10.0. The first-order valence-corrected chi connectivity index (χ1v) is 13.7. The van der Waals surface area contributed by atoms with E-state index in [0.29, 0.717) is 0 Å². The highest BCUT2D eigenvalue weighted by Gasteiger charge is 2.52. The lowest BCUT2D eigenvalue weighted by Gasteiger charge is -2.47. The highest BCUT2D eigenvalue weighted by atomic mass is 16.6. The molecule has 6 atom stereocenters. The van der Waals surface area contributed by atoms with E-state index < -0.39 is 36.6 Å². The molecule has 0 aromatic heterocycles. The van der Waals surface area contributed by atoms with Crippen molar-refractivity contribution in [3.8, 4) is 0 Å². The smallest absolute Gasteiger partial charge is 0.116 e. The Morgan fingerprint density at radius 3 is 0.825 bits per heavy atom. The fraction of sp³-hybridized carbons (Fsp3) is 0.294. The molecule has 2 N–H and O–H groups in total. The van der Waals surface area contributed by atoms with Gasteiger partial charge in [0, 0.05) is 0 Å². The van der Waals surface area contributed by atoms with Gasteiger partial charge in [0.05, 0.1) is 26.4 Å². The predicted molar refractivity (Wildman–Crippen MR) is 152 cm³/mol. The fourth-order valence-corrected chi connectivity index (χ4v) is 4.98. The molecule has 1 saturated carbocycles. The van der Waals surface area contributed by atoms with Gasteiger partial charge >= 0.3 is 0 Å². The monoisotopic (exact) mass is 540 g/mol. The van der Waals surface area contributed by atoms with Crippen LogP contribution in [-0.2, 0) is 45.4 Å². The van der Waals surface area contributed by atoms with Crippen LogP contribution in [0.5, 0.6) is 0 Å². The number of aliphatic hydroxyl groups excluding tert-OH is 2. The average molecular weight is 541 g/mol. The lowest BCUT2D eigenvalue weighted by molar-refractivity contribution is -0.273. The van der Waals surface area contributed by atoms with Crippen molar-refractivity contribution in [1.29, 1.82) is 0 Å². The van der Waals surface area contributed by atoms with Crippen molar-refractivity contribution in [3.63, 3.8) is 0 Å². The van der Waals surface area contributed by atoms with Crippen LogP contribution in [0.3, 0.4) is 0 Å². The minimum absolute atomic E-state index is 0.251. The van der Waals surface area contributed by atoms with Gasteiger partial charge in [-0.1, -0.05) is 121 Å². The van der Waals surface area contributed by atoms with Crippen molar-refractivity contribution < 1.29 is 29.2 Å². The molecule has 0 saturated heterocycles. The van der Waals surface area contributed by atoms with Crippen molar-refractivity contribution in [2.24, 2.45) is 0 Å². The van der Waals surface area contributed by atoms with Crippen LogP contribution < -0.4 is 0 Å². The van der Waals surface area contributed by atoms with E-state index in [0.717, 1.165) is 22.3 Å². The van der Waals surface area contributed by atoms with Crippen LogP contribution in [0.15, 0.2) is 121 Å².